The molecule has 0 bridgehead atoms. The van der Waals surface area contributed by atoms with Crippen LogP contribution in [0.4, 0.5) is 0 Å². The summed E-state index contributed by atoms with van der Waals surface area (Å²) in [7, 11) is 0. The molecule has 3 rings (SSSR count). The average molecular weight is 275 g/mol. The number of aliphatic hydroxyl groups excluding tert-OH is 1. The average Bonchev–Trinajstić information content (AvgIpc) is 3.13. The summed E-state index contributed by atoms with van der Waals surface area (Å²) in [5.41, 5.74) is 1.83. The highest BCUT2D eigenvalue weighted by Crippen LogP contribution is 2.28. The van der Waals surface area contributed by atoms with Crippen molar-refractivity contribution in [1.82, 2.24) is 4.90 Å². The summed E-state index contributed by atoms with van der Waals surface area (Å²) in [6, 6.07) is 5.97. The lowest BCUT2D eigenvalue weighted by atomic mass is 10.1. The molecule has 1 fully saturated rings. The van der Waals surface area contributed by atoms with Crippen molar-refractivity contribution >= 4 is 5.91 Å². The van der Waals surface area contributed by atoms with Gasteiger partial charge in [0, 0.05) is 24.6 Å². The maximum atomic E-state index is 12.7. The number of benzene rings is 1. The van der Waals surface area contributed by atoms with E-state index >= 15 is 0 Å². The molecule has 20 heavy (non-hydrogen) atoms. The molecule has 2 aliphatic rings. The largest absolute Gasteiger partial charge is 0.493 e. The first-order chi connectivity index (χ1) is 9.79. The van der Waals surface area contributed by atoms with Crippen LogP contribution in [0.15, 0.2) is 18.2 Å². The number of ether oxygens (including phenoxy) is 1. The minimum absolute atomic E-state index is 0.0241. The van der Waals surface area contributed by atoms with Crippen LogP contribution in [-0.4, -0.2) is 41.7 Å². The van der Waals surface area contributed by atoms with E-state index in [-0.39, 0.29) is 12.5 Å². The van der Waals surface area contributed by atoms with Crippen LogP contribution in [0.25, 0.3) is 0 Å². The highest BCUT2D eigenvalue weighted by Gasteiger charge is 2.27. The summed E-state index contributed by atoms with van der Waals surface area (Å²) < 4.78 is 5.48. The molecule has 0 saturated heterocycles. The third-order valence-electron chi connectivity index (χ3n) is 4.30. The molecule has 1 aliphatic carbocycles. The van der Waals surface area contributed by atoms with Gasteiger partial charge in [-0.15, -0.1) is 0 Å². The second kappa shape index (κ2) is 5.83. The minimum atomic E-state index is 0.0241. The molecule has 1 aromatic rings. The molecule has 4 nitrogen and oxygen atoms in total. The predicted molar refractivity (Wildman–Crippen MR) is 76.0 cm³/mol. The van der Waals surface area contributed by atoms with Crippen molar-refractivity contribution in [3.63, 3.8) is 0 Å². The van der Waals surface area contributed by atoms with Gasteiger partial charge in [0.15, 0.2) is 0 Å². The third kappa shape index (κ3) is 2.52. The molecule has 108 valence electrons. The van der Waals surface area contributed by atoms with Crippen molar-refractivity contribution in [2.75, 3.05) is 19.8 Å². The molecule has 4 heteroatoms. The minimum Gasteiger partial charge on any atom is -0.493 e. The fourth-order valence-corrected chi connectivity index (χ4v) is 3.26. The van der Waals surface area contributed by atoms with Crippen LogP contribution in [0.5, 0.6) is 5.75 Å². The topological polar surface area (TPSA) is 49.8 Å². The Kier molecular flexibility index (Phi) is 3.92. The lowest BCUT2D eigenvalue weighted by Gasteiger charge is -2.28. The zero-order valence-corrected chi connectivity index (χ0v) is 11.7. The Hall–Kier alpha value is -1.55. The smallest absolute Gasteiger partial charge is 0.254 e. The molecule has 0 unspecified atom stereocenters. The van der Waals surface area contributed by atoms with E-state index in [0.717, 1.165) is 36.1 Å². The van der Waals surface area contributed by atoms with Crippen molar-refractivity contribution in [3.8, 4) is 5.75 Å². The zero-order valence-electron chi connectivity index (χ0n) is 11.7. The Labute approximate surface area is 119 Å². The lowest BCUT2D eigenvalue weighted by Crippen LogP contribution is -2.40. The number of hydrogen-bond donors (Lipinski definition) is 1. The zero-order chi connectivity index (χ0) is 13.9. The molecular weight excluding hydrogens is 254 g/mol. The van der Waals surface area contributed by atoms with Gasteiger partial charge in [-0.3, -0.25) is 4.79 Å². The number of aliphatic hydroxyl groups is 1. The second-order valence-corrected chi connectivity index (χ2v) is 5.58. The fourth-order valence-electron chi connectivity index (χ4n) is 3.26. The number of carbonyl (C=O) groups is 1. The lowest BCUT2D eigenvalue weighted by molar-refractivity contribution is 0.0638. The van der Waals surface area contributed by atoms with Gasteiger partial charge in [-0.25, -0.2) is 0 Å². The normalized spacial score (nSPS) is 17.9. The Bertz CT molecular complexity index is 494. The van der Waals surface area contributed by atoms with Crippen LogP contribution in [0.2, 0.25) is 0 Å². The second-order valence-electron chi connectivity index (χ2n) is 5.58. The van der Waals surface area contributed by atoms with E-state index in [1.54, 1.807) is 0 Å². The highest BCUT2D eigenvalue weighted by atomic mass is 16.5. The van der Waals surface area contributed by atoms with Gasteiger partial charge in [0.2, 0.25) is 0 Å². The summed E-state index contributed by atoms with van der Waals surface area (Å²) in [6.07, 6.45) is 5.34. The maximum absolute atomic E-state index is 12.7. The van der Waals surface area contributed by atoms with Crippen LogP contribution in [0.3, 0.4) is 0 Å². The molecule has 1 N–H and O–H groups in total. The summed E-state index contributed by atoms with van der Waals surface area (Å²) >= 11 is 0. The SMILES string of the molecule is O=C(c1ccc2c(c1)CCO2)N(CCO)C1CCCC1. The van der Waals surface area contributed by atoms with Gasteiger partial charge in [0.25, 0.3) is 5.91 Å². The van der Waals surface area contributed by atoms with E-state index in [0.29, 0.717) is 19.2 Å². The first-order valence-corrected chi connectivity index (χ1v) is 7.47. The molecule has 1 saturated carbocycles. The van der Waals surface area contributed by atoms with E-state index < -0.39 is 0 Å². The molecule has 1 aliphatic heterocycles. The van der Waals surface area contributed by atoms with Gasteiger partial charge in [0.05, 0.1) is 13.2 Å². The van der Waals surface area contributed by atoms with Crippen molar-refractivity contribution < 1.29 is 14.6 Å². The van der Waals surface area contributed by atoms with Crippen LogP contribution in [0, 0.1) is 0 Å². The number of hydrogen-bond acceptors (Lipinski definition) is 3. The van der Waals surface area contributed by atoms with Crippen molar-refractivity contribution in [3.05, 3.63) is 29.3 Å². The molecule has 0 atom stereocenters. The number of carbonyl (C=O) groups excluding carboxylic acids is 1. The molecule has 0 radical (unpaired) electrons. The Morgan fingerprint density at radius 1 is 1.35 bits per heavy atom. The van der Waals surface area contributed by atoms with E-state index in [1.165, 1.54) is 12.8 Å². The Morgan fingerprint density at radius 2 is 2.15 bits per heavy atom. The molecule has 0 aromatic heterocycles. The summed E-state index contributed by atoms with van der Waals surface area (Å²) in [5.74, 6) is 0.941. The summed E-state index contributed by atoms with van der Waals surface area (Å²) in [5, 5.41) is 9.23. The van der Waals surface area contributed by atoms with Crippen molar-refractivity contribution in [2.24, 2.45) is 0 Å². The number of amides is 1. The van der Waals surface area contributed by atoms with Crippen molar-refractivity contribution in [1.29, 1.82) is 0 Å². The first kappa shape index (κ1) is 13.4. The van der Waals surface area contributed by atoms with E-state index in [9.17, 15) is 9.90 Å². The van der Waals surface area contributed by atoms with Crippen LogP contribution < -0.4 is 4.74 Å². The van der Waals surface area contributed by atoms with Gasteiger partial charge < -0.3 is 14.7 Å². The van der Waals surface area contributed by atoms with Gasteiger partial charge in [0.1, 0.15) is 5.75 Å². The fraction of sp³-hybridized carbons (Fsp3) is 0.562. The van der Waals surface area contributed by atoms with Crippen LogP contribution in [0.1, 0.15) is 41.6 Å². The standard InChI is InChI=1S/C16H21NO3/c18-9-8-17(14-3-1-2-4-14)16(19)13-5-6-15-12(11-13)7-10-20-15/h5-6,11,14,18H,1-4,7-10H2. The Balaban J connectivity index is 1.81. The summed E-state index contributed by atoms with van der Waals surface area (Å²) in [4.78, 5) is 14.5. The predicted octanol–water partition coefficient (Wildman–Crippen LogP) is 2.00. The number of rotatable bonds is 4. The molecule has 1 heterocycles. The van der Waals surface area contributed by atoms with E-state index in [4.69, 9.17) is 4.74 Å². The third-order valence-corrected chi connectivity index (χ3v) is 4.30. The molecule has 1 amide bonds. The van der Waals surface area contributed by atoms with E-state index in [2.05, 4.69) is 0 Å². The van der Waals surface area contributed by atoms with Gasteiger partial charge >= 0.3 is 0 Å². The summed E-state index contributed by atoms with van der Waals surface area (Å²) in [6.45, 7) is 1.16. The van der Waals surface area contributed by atoms with Crippen LogP contribution >= 0.6 is 0 Å². The Morgan fingerprint density at radius 3 is 2.90 bits per heavy atom. The van der Waals surface area contributed by atoms with Gasteiger partial charge in [-0.2, -0.15) is 0 Å². The van der Waals surface area contributed by atoms with Gasteiger partial charge in [-0.05, 0) is 36.6 Å². The molecule has 1 aromatic carbocycles. The number of nitrogens with zero attached hydrogens (tertiary/aromatic N) is 1. The number of fused-ring (bicyclic) bond motifs is 1. The quantitative estimate of drug-likeness (QED) is 0.914. The first-order valence-electron chi connectivity index (χ1n) is 7.47. The highest BCUT2D eigenvalue weighted by molar-refractivity contribution is 5.95. The maximum Gasteiger partial charge on any atom is 0.254 e. The van der Waals surface area contributed by atoms with E-state index in [1.807, 2.05) is 23.1 Å². The van der Waals surface area contributed by atoms with Crippen molar-refractivity contribution in [2.45, 2.75) is 38.1 Å². The van der Waals surface area contributed by atoms with Gasteiger partial charge in [-0.1, -0.05) is 12.8 Å². The molecule has 0 spiro atoms. The monoisotopic (exact) mass is 275 g/mol. The molecular formula is C16H21NO3. The van der Waals surface area contributed by atoms with Crippen LogP contribution in [-0.2, 0) is 6.42 Å².